The largest absolute Gasteiger partial charge is 0.332 e. The number of rotatable bonds is 5. The van der Waals surface area contributed by atoms with Crippen molar-refractivity contribution in [3.8, 4) is 0 Å². The van der Waals surface area contributed by atoms with E-state index in [9.17, 15) is 4.79 Å². The molecule has 0 unspecified atom stereocenters. The molecule has 142 valence electrons. The lowest BCUT2D eigenvalue weighted by Crippen LogP contribution is -2.20. The quantitative estimate of drug-likeness (QED) is 0.360. The zero-order valence-corrected chi connectivity index (χ0v) is 17.7. The van der Waals surface area contributed by atoms with E-state index in [1.54, 1.807) is 39.0 Å². The van der Waals surface area contributed by atoms with Crippen LogP contribution in [-0.2, 0) is 25.6 Å². The lowest BCUT2D eigenvalue weighted by Gasteiger charge is -2.06. The summed E-state index contributed by atoms with van der Waals surface area (Å²) < 4.78 is 1.69. The van der Waals surface area contributed by atoms with E-state index < -0.39 is 0 Å². The molecule has 0 spiro atoms. The topological polar surface area (TPSA) is 59.8 Å². The molecule has 0 radical (unpaired) electrons. The van der Waals surface area contributed by atoms with Crippen molar-refractivity contribution in [3.05, 3.63) is 62.2 Å². The van der Waals surface area contributed by atoms with Crippen molar-refractivity contribution in [2.45, 2.75) is 30.2 Å². The SMILES string of the molecule is Cn1c(SCc2csc(Nc3ccccc3)n2)nc2sc3c(c2c1=O)CCC3. The lowest BCUT2D eigenvalue weighted by atomic mass is 10.2. The van der Waals surface area contributed by atoms with Crippen LogP contribution in [0.1, 0.15) is 22.6 Å². The van der Waals surface area contributed by atoms with Gasteiger partial charge < -0.3 is 5.32 Å². The lowest BCUT2D eigenvalue weighted by molar-refractivity contribution is 0.726. The highest BCUT2D eigenvalue weighted by Crippen LogP contribution is 2.35. The van der Waals surface area contributed by atoms with Crippen molar-refractivity contribution in [1.82, 2.24) is 14.5 Å². The van der Waals surface area contributed by atoms with Gasteiger partial charge in [-0.25, -0.2) is 9.97 Å². The van der Waals surface area contributed by atoms with E-state index >= 15 is 0 Å². The van der Waals surface area contributed by atoms with E-state index in [0.29, 0.717) is 5.75 Å². The minimum atomic E-state index is 0.0802. The van der Waals surface area contributed by atoms with Gasteiger partial charge in [-0.15, -0.1) is 22.7 Å². The van der Waals surface area contributed by atoms with Crippen molar-refractivity contribution in [2.75, 3.05) is 5.32 Å². The van der Waals surface area contributed by atoms with Crippen LogP contribution in [-0.4, -0.2) is 14.5 Å². The number of hydrogen-bond acceptors (Lipinski definition) is 7. The van der Waals surface area contributed by atoms with Crippen molar-refractivity contribution in [3.63, 3.8) is 0 Å². The number of thiophene rings is 1. The second-order valence-electron chi connectivity index (χ2n) is 6.72. The first-order chi connectivity index (χ1) is 13.7. The van der Waals surface area contributed by atoms with E-state index in [-0.39, 0.29) is 5.56 Å². The van der Waals surface area contributed by atoms with Crippen molar-refractivity contribution in [2.24, 2.45) is 7.05 Å². The van der Waals surface area contributed by atoms with Crippen LogP contribution in [0.2, 0.25) is 0 Å². The van der Waals surface area contributed by atoms with Crippen molar-refractivity contribution in [1.29, 1.82) is 0 Å². The van der Waals surface area contributed by atoms with Gasteiger partial charge in [0.15, 0.2) is 10.3 Å². The standard InChI is InChI=1S/C20H18N4OS3/c1-24-18(25)16-14-8-5-9-15(14)28-17(16)23-20(24)27-11-13-10-26-19(22-13)21-12-6-3-2-4-7-12/h2-4,6-7,10H,5,8-9,11H2,1H3,(H,21,22). The third kappa shape index (κ3) is 3.25. The predicted octanol–water partition coefficient (Wildman–Crippen LogP) is 4.98. The Balaban J connectivity index is 1.35. The number of aromatic nitrogens is 3. The van der Waals surface area contributed by atoms with E-state index in [2.05, 4.69) is 15.7 Å². The number of hydrogen-bond donors (Lipinski definition) is 1. The highest BCUT2D eigenvalue weighted by atomic mass is 32.2. The Bertz CT molecular complexity index is 1210. The zero-order chi connectivity index (χ0) is 19.1. The minimum absolute atomic E-state index is 0.0802. The molecule has 5 nitrogen and oxygen atoms in total. The molecule has 0 saturated carbocycles. The number of fused-ring (bicyclic) bond motifs is 3. The molecule has 0 aliphatic heterocycles. The first-order valence-corrected chi connectivity index (χ1v) is 11.8. The van der Waals surface area contributed by atoms with E-state index in [4.69, 9.17) is 4.98 Å². The number of nitrogens with zero attached hydrogens (tertiary/aromatic N) is 3. The summed E-state index contributed by atoms with van der Waals surface area (Å²) in [4.78, 5) is 24.6. The third-order valence-corrected chi connectivity index (χ3v) is 7.89. The Morgan fingerprint density at radius 3 is 2.93 bits per heavy atom. The van der Waals surface area contributed by atoms with Crippen molar-refractivity contribution >= 4 is 55.5 Å². The van der Waals surface area contributed by atoms with Gasteiger partial charge in [0.1, 0.15) is 4.83 Å². The monoisotopic (exact) mass is 426 g/mol. The third-order valence-electron chi connectivity index (χ3n) is 4.83. The van der Waals surface area contributed by atoms with Gasteiger partial charge in [0.25, 0.3) is 5.56 Å². The molecule has 0 bridgehead atoms. The number of thioether (sulfide) groups is 1. The summed E-state index contributed by atoms with van der Waals surface area (Å²) in [6.07, 6.45) is 3.24. The fraction of sp³-hybridized carbons (Fsp3) is 0.250. The molecule has 3 aromatic heterocycles. The van der Waals surface area contributed by atoms with Crippen LogP contribution < -0.4 is 10.9 Å². The van der Waals surface area contributed by atoms with Crippen LogP contribution >= 0.6 is 34.4 Å². The molecule has 1 N–H and O–H groups in total. The molecule has 28 heavy (non-hydrogen) atoms. The molecule has 3 heterocycles. The molecule has 0 saturated heterocycles. The molecule has 1 aromatic carbocycles. The summed E-state index contributed by atoms with van der Waals surface area (Å²) in [5.41, 5.74) is 3.32. The van der Waals surface area contributed by atoms with Gasteiger partial charge in [-0.2, -0.15) is 0 Å². The number of anilines is 2. The molecule has 8 heteroatoms. The van der Waals surface area contributed by atoms with Gasteiger partial charge in [-0.3, -0.25) is 9.36 Å². The summed E-state index contributed by atoms with van der Waals surface area (Å²) in [5, 5.41) is 7.83. The number of para-hydroxylation sites is 1. The maximum atomic E-state index is 12.9. The van der Waals surface area contributed by atoms with E-state index in [1.165, 1.54) is 10.4 Å². The highest BCUT2D eigenvalue weighted by Gasteiger charge is 2.22. The van der Waals surface area contributed by atoms with Gasteiger partial charge in [0.05, 0.1) is 11.1 Å². The van der Waals surface area contributed by atoms with Crippen LogP contribution in [0.15, 0.2) is 45.7 Å². The molecule has 1 aliphatic rings. The summed E-state index contributed by atoms with van der Waals surface area (Å²) in [7, 11) is 1.82. The van der Waals surface area contributed by atoms with Crippen LogP contribution in [0.4, 0.5) is 10.8 Å². The number of benzene rings is 1. The minimum Gasteiger partial charge on any atom is -0.332 e. The second kappa shape index (κ2) is 7.35. The molecule has 5 rings (SSSR count). The molecule has 1 aliphatic carbocycles. The molecular formula is C20H18N4OS3. The normalized spacial score (nSPS) is 13.2. The summed E-state index contributed by atoms with van der Waals surface area (Å²) in [5.74, 6) is 0.684. The van der Waals surface area contributed by atoms with Crippen LogP contribution in [0.5, 0.6) is 0 Å². The van der Waals surface area contributed by atoms with Crippen LogP contribution in [0.25, 0.3) is 10.2 Å². The fourth-order valence-corrected chi connectivity index (χ4v) is 6.45. The van der Waals surface area contributed by atoms with E-state index in [1.807, 2.05) is 37.4 Å². The summed E-state index contributed by atoms with van der Waals surface area (Å²) in [6, 6.07) is 10.0. The summed E-state index contributed by atoms with van der Waals surface area (Å²) in [6.45, 7) is 0. The highest BCUT2D eigenvalue weighted by molar-refractivity contribution is 7.98. The van der Waals surface area contributed by atoms with Gasteiger partial charge >= 0.3 is 0 Å². The molecule has 0 fully saturated rings. The smallest absolute Gasteiger partial charge is 0.262 e. The van der Waals surface area contributed by atoms with Gasteiger partial charge in [0, 0.05) is 28.7 Å². The Kier molecular flexibility index (Phi) is 4.70. The Morgan fingerprint density at radius 2 is 2.07 bits per heavy atom. The predicted molar refractivity (Wildman–Crippen MR) is 118 cm³/mol. The number of nitrogens with one attached hydrogen (secondary N) is 1. The van der Waals surface area contributed by atoms with Crippen LogP contribution in [0, 0.1) is 0 Å². The molecule has 0 atom stereocenters. The fourth-order valence-electron chi connectivity index (χ4n) is 3.45. The first kappa shape index (κ1) is 17.9. The molecular weight excluding hydrogens is 408 g/mol. The second-order valence-corrected chi connectivity index (χ2v) is 9.60. The van der Waals surface area contributed by atoms with Crippen molar-refractivity contribution < 1.29 is 0 Å². The van der Waals surface area contributed by atoms with Crippen LogP contribution in [0.3, 0.4) is 0 Å². The average molecular weight is 427 g/mol. The molecule has 0 amide bonds. The zero-order valence-electron chi connectivity index (χ0n) is 15.3. The van der Waals surface area contributed by atoms with Gasteiger partial charge in [0.2, 0.25) is 0 Å². The maximum absolute atomic E-state index is 12.9. The van der Waals surface area contributed by atoms with Gasteiger partial charge in [-0.1, -0.05) is 30.0 Å². The summed E-state index contributed by atoms with van der Waals surface area (Å²) >= 11 is 4.84. The Hall–Kier alpha value is -2.16. The molecule has 4 aromatic rings. The van der Waals surface area contributed by atoms with E-state index in [0.717, 1.165) is 51.1 Å². The first-order valence-electron chi connectivity index (χ1n) is 9.09. The Morgan fingerprint density at radius 1 is 1.21 bits per heavy atom. The number of thiazole rings is 1. The average Bonchev–Trinajstić information content (AvgIpc) is 3.40. The maximum Gasteiger partial charge on any atom is 0.262 e. The number of aryl methyl sites for hydroxylation is 2. The Labute approximate surface area is 174 Å². The van der Waals surface area contributed by atoms with Gasteiger partial charge in [-0.05, 0) is 37.0 Å².